The molecule has 3 nitrogen and oxygen atoms in total. The maximum Gasteiger partial charge on any atom is 0.263 e. The van der Waals surface area contributed by atoms with Crippen LogP contribution in [0, 0.1) is 0 Å². The van der Waals surface area contributed by atoms with E-state index in [0.29, 0.717) is 0 Å². The molecule has 0 atom stereocenters. The molecule has 31 heavy (non-hydrogen) atoms. The van der Waals surface area contributed by atoms with E-state index in [1.54, 1.807) is 0 Å². The smallest absolute Gasteiger partial charge is 0.263 e. The zero-order chi connectivity index (χ0) is 20.2. The highest BCUT2D eigenvalue weighted by molar-refractivity contribution is 7.18. The molecule has 1 fully saturated rings. The molecule has 0 aliphatic carbocycles. The van der Waals surface area contributed by atoms with Crippen molar-refractivity contribution in [3.8, 4) is 0 Å². The van der Waals surface area contributed by atoms with Crippen LogP contribution in [0.3, 0.4) is 0 Å². The molecule has 1 saturated heterocycles. The van der Waals surface area contributed by atoms with Crippen LogP contribution in [0.4, 0.5) is 5.69 Å². The second-order valence-electron chi connectivity index (χ2n) is 7.50. The lowest BCUT2D eigenvalue weighted by Crippen LogP contribution is -3.00. The molecule has 0 unspecified atom stereocenters. The van der Waals surface area contributed by atoms with Crippen LogP contribution in [0.1, 0.15) is 16.1 Å². The van der Waals surface area contributed by atoms with E-state index in [9.17, 15) is 0 Å². The van der Waals surface area contributed by atoms with Gasteiger partial charge < -0.3 is 26.6 Å². The summed E-state index contributed by atoms with van der Waals surface area (Å²) < 4.78 is 9.18. The van der Waals surface area contributed by atoms with Gasteiger partial charge in [-0.05, 0) is 29.8 Å². The Bertz CT molecular complexity index is 1150. The molecule has 5 heteroatoms. The molecule has 2 heterocycles. The highest BCUT2D eigenvalue weighted by Gasteiger charge is 2.18. The summed E-state index contributed by atoms with van der Waals surface area (Å²) in [5.74, 6) is 0. The van der Waals surface area contributed by atoms with Crippen molar-refractivity contribution < 1.29 is 26.3 Å². The number of para-hydroxylation sites is 1. The molecule has 3 aromatic carbocycles. The Morgan fingerprint density at radius 2 is 1.55 bits per heavy atom. The van der Waals surface area contributed by atoms with Gasteiger partial charge in [-0.3, -0.25) is 0 Å². The monoisotopic (exact) mass is 492 g/mol. The number of rotatable bonds is 5. The molecule has 0 saturated carbocycles. The zero-order valence-corrected chi connectivity index (χ0v) is 19.7. The standard InChI is InChI=1S/C26H25N2OS.BrH/c1-2-6-22(7-3-1)20-28-24-8-4-5-9-25(24)30-26(28)15-12-21-10-13-23(14-11-21)27-16-18-29-19-17-27;/h1-15H,16-20H2;1H/q+1;/p-1. The minimum atomic E-state index is 0. The lowest BCUT2D eigenvalue weighted by molar-refractivity contribution is -0.659. The first-order chi connectivity index (χ1) is 14.9. The first-order valence-corrected chi connectivity index (χ1v) is 11.2. The minimum absolute atomic E-state index is 0. The molecule has 0 radical (unpaired) electrons. The van der Waals surface area contributed by atoms with Crippen LogP contribution in [0.2, 0.25) is 0 Å². The fourth-order valence-electron chi connectivity index (χ4n) is 3.89. The number of nitrogens with zero attached hydrogens (tertiary/aromatic N) is 2. The van der Waals surface area contributed by atoms with Crippen LogP contribution < -0.4 is 26.4 Å². The Labute approximate surface area is 198 Å². The predicted octanol–water partition coefficient (Wildman–Crippen LogP) is 2.25. The van der Waals surface area contributed by atoms with Gasteiger partial charge in [0.15, 0.2) is 6.54 Å². The first-order valence-electron chi connectivity index (χ1n) is 10.4. The Morgan fingerprint density at radius 1 is 0.839 bits per heavy atom. The number of halogens is 1. The third kappa shape index (κ3) is 5.06. The van der Waals surface area contributed by atoms with Crippen LogP contribution in [0.15, 0.2) is 78.9 Å². The van der Waals surface area contributed by atoms with Crippen LogP contribution in [0.25, 0.3) is 22.4 Å². The molecule has 5 rings (SSSR count). The van der Waals surface area contributed by atoms with Crippen molar-refractivity contribution in [1.29, 1.82) is 0 Å². The van der Waals surface area contributed by atoms with Gasteiger partial charge in [0.25, 0.3) is 5.01 Å². The molecule has 1 aliphatic rings. The van der Waals surface area contributed by atoms with E-state index < -0.39 is 0 Å². The minimum Gasteiger partial charge on any atom is -1.00 e. The van der Waals surface area contributed by atoms with E-state index in [2.05, 4.69) is 100 Å². The van der Waals surface area contributed by atoms with Crippen molar-refractivity contribution in [2.45, 2.75) is 6.54 Å². The third-order valence-corrected chi connectivity index (χ3v) is 6.64. The average molecular weight is 493 g/mol. The van der Waals surface area contributed by atoms with Gasteiger partial charge in [-0.25, -0.2) is 0 Å². The molecule has 0 amide bonds. The average Bonchev–Trinajstić information content (AvgIpc) is 3.17. The molecule has 4 aromatic rings. The number of anilines is 1. The SMILES string of the molecule is C(=C\c1sc2ccccc2[n+]1Cc1ccccc1)/c1ccc(N2CCOCC2)cc1.[Br-]. The van der Waals surface area contributed by atoms with Crippen LogP contribution in [0.5, 0.6) is 0 Å². The Morgan fingerprint density at radius 3 is 2.32 bits per heavy atom. The summed E-state index contributed by atoms with van der Waals surface area (Å²) in [6.45, 7) is 4.44. The van der Waals surface area contributed by atoms with Gasteiger partial charge in [-0.15, -0.1) is 0 Å². The Hall–Kier alpha value is -2.47. The van der Waals surface area contributed by atoms with Gasteiger partial charge in [0.1, 0.15) is 4.70 Å². The Balaban J connectivity index is 0.00000231. The van der Waals surface area contributed by atoms with Crippen molar-refractivity contribution in [2.75, 3.05) is 31.2 Å². The van der Waals surface area contributed by atoms with Gasteiger partial charge in [-0.2, -0.15) is 4.57 Å². The van der Waals surface area contributed by atoms with E-state index in [1.807, 2.05) is 11.3 Å². The highest BCUT2D eigenvalue weighted by atomic mass is 79.9. The largest absolute Gasteiger partial charge is 1.00 e. The Kier molecular flexibility index (Phi) is 7.17. The summed E-state index contributed by atoms with van der Waals surface area (Å²) in [5.41, 5.74) is 5.09. The molecule has 1 aromatic heterocycles. The number of thiazole rings is 1. The van der Waals surface area contributed by atoms with Crippen LogP contribution in [-0.4, -0.2) is 26.3 Å². The van der Waals surface area contributed by atoms with E-state index in [0.717, 1.165) is 32.8 Å². The number of aromatic nitrogens is 1. The van der Waals surface area contributed by atoms with Crippen molar-refractivity contribution in [3.05, 3.63) is 95.0 Å². The zero-order valence-electron chi connectivity index (χ0n) is 17.3. The van der Waals surface area contributed by atoms with Crippen molar-refractivity contribution in [1.82, 2.24) is 0 Å². The second kappa shape index (κ2) is 10.2. The molecule has 1 aliphatic heterocycles. The molecule has 158 valence electrons. The lowest BCUT2D eigenvalue weighted by Gasteiger charge is -2.28. The molecule has 0 N–H and O–H groups in total. The van der Waals surface area contributed by atoms with Gasteiger partial charge in [0.2, 0.25) is 5.52 Å². The topological polar surface area (TPSA) is 16.4 Å². The number of hydrogen-bond donors (Lipinski definition) is 0. The highest BCUT2D eigenvalue weighted by Crippen LogP contribution is 2.23. The summed E-state index contributed by atoms with van der Waals surface area (Å²) in [6, 6.07) is 28.2. The van der Waals surface area contributed by atoms with Gasteiger partial charge >= 0.3 is 0 Å². The molecule has 0 spiro atoms. The fraction of sp³-hybridized carbons (Fsp3) is 0.192. The van der Waals surface area contributed by atoms with Crippen LogP contribution in [-0.2, 0) is 11.3 Å². The number of fused-ring (bicyclic) bond motifs is 1. The maximum absolute atomic E-state index is 5.46. The number of morpholine rings is 1. The summed E-state index contributed by atoms with van der Waals surface area (Å²) in [5, 5.41) is 1.26. The number of hydrogen-bond acceptors (Lipinski definition) is 3. The quantitative estimate of drug-likeness (QED) is 0.397. The van der Waals surface area contributed by atoms with Gasteiger partial charge in [-0.1, -0.05) is 65.9 Å². The summed E-state index contributed by atoms with van der Waals surface area (Å²) >= 11 is 1.84. The summed E-state index contributed by atoms with van der Waals surface area (Å²) in [4.78, 5) is 2.39. The fourth-order valence-corrected chi connectivity index (χ4v) is 4.96. The first kappa shape index (κ1) is 21.8. The van der Waals surface area contributed by atoms with E-state index >= 15 is 0 Å². The van der Waals surface area contributed by atoms with E-state index in [4.69, 9.17) is 4.74 Å². The number of benzene rings is 3. The third-order valence-electron chi connectivity index (χ3n) is 5.51. The molecular formula is C26H25BrN2OS. The molecule has 0 bridgehead atoms. The molecular weight excluding hydrogens is 468 g/mol. The van der Waals surface area contributed by atoms with Crippen LogP contribution >= 0.6 is 11.3 Å². The summed E-state index contributed by atoms with van der Waals surface area (Å²) in [6.07, 6.45) is 4.46. The van der Waals surface area contributed by atoms with Gasteiger partial charge in [0.05, 0.1) is 13.2 Å². The normalized spacial score (nSPS) is 14.1. The van der Waals surface area contributed by atoms with Crippen molar-refractivity contribution >= 4 is 39.4 Å². The van der Waals surface area contributed by atoms with Gasteiger partial charge in [0, 0.05) is 36.5 Å². The van der Waals surface area contributed by atoms with Crippen molar-refractivity contribution in [2.24, 2.45) is 0 Å². The predicted molar refractivity (Wildman–Crippen MR) is 126 cm³/mol. The summed E-state index contributed by atoms with van der Waals surface area (Å²) in [7, 11) is 0. The van der Waals surface area contributed by atoms with E-state index in [-0.39, 0.29) is 17.0 Å². The lowest BCUT2D eigenvalue weighted by atomic mass is 10.1. The van der Waals surface area contributed by atoms with Crippen molar-refractivity contribution in [3.63, 3.8) is 0 Å². The number of ether oxygens (including phenoxy) is 1. The van der Waals surface area contributed by atoms with E-state index in [1.165, 1.54) is 32.0 Å². The second-order valence-corrected chi connectivity index (χ2v) is 8.57. The maximum atomic E-state index is 5.46.